The predicted octanol–water partition coefficient (Wildman–Crippen LogP) is 3.97. The van der Waals surface area contributed by atoms with Crippen LogP contribution in [0.25, 0.3) is 11.1 Å². The first kappa shape index (κ1) is 25.7. The van der Waals surface area contributed by atoms with Crippen molar-refractivity contribution in [2.45, 2.75) is 65.4 Å². The number of amides is 1. The minimum atomic E-state index is -0.569. The van der Waals surface area contributed by atoms with Gasteiger partial charge in [0.15, 0.2) is 0 Å². The molecule has 1 unspecified atom stereocenters. The fraction of sp³-hybridized carbons (Fsp3) is 0.464. The number of benzene rings is 1. The number of oxime groups is 1. The van der Waals surface area contributed by atoms with Crippen LogP contribution >= 0.6 is 0 Å². The standard InChI is InChI=1S/C28H32N4O6/c1-5-18-14-22(33)36-25-23(18)24(34)29-26(30-25)38-31-21-9-7-19-13-16(6-8-20(19)21)12-17-10-11-32(15-17)27(35)37-28(2,3)4/h6,8,13-14,17H,5,7,9-12,15H2,1-4H3,(H,29,30,34). The fourth-order valence-electron chi connectivity index (χ4n) is 5.12. The van der Waals surface area contributed by atoms with E-state index in [2.05, 4.69) is 27.3 Å². The number of nitrogens with one attached hydrogen (secondary N) is 1. The molecule has 1 aliphatic carbocycles. The number of likely N-dealkylation sites (tertiary alicyclic amines) is 1. The fourth-order valence-corrected chi connectivity index (χ4v) is 5.12. The molecule has 1 amide bonds. The van der Waals surface area contributed by atoms with Crippen LogP contribution in [0, 0.1) is 5.92 Å². The summed E-state index contributed by atoms with van der Waals surface area (Å²) < 4.78 is 10.6. The van der Waals surface area contributed by atoms with Crippen molar-refractivity contribution in [2.75, 3.05) is 13.1 Å². The highest BCUT2D eigenvalue weighted by Crippen LogP contribution is 2.28. The number of hydrogen-bond donors (Lipinski definition) is 1. The molecule has 38 heavy (non-hydrogen) atoms. The van der Waals surface area contributed by atoms with E-state index in [-0.39, 0.29) is 23.2 Å². The van der Waals surface area contributed by atoms with Crippen LogP contribution in [-0.4, -0.2) is 45.4 Å². The number of rotatable bonds is 5. The monoisotopic (exact) mass is 520 g/mol. The first-order valence-electron chi connectivity index (χ1n) is 13.0. The number of hydrogen-bond acceptors (Lipinski definition) is 8. The van der Waals surface area contributed by atoms with Gasteiger partial charge >= 0.3 is 17.7 Å². The third kappa shape index (κ3) is 5.49. The average Bonchev–Trinajstić information content (AvgIpc) is 3.47. The summed E-state index contributed by atoms with van der Waals surface area (Å²) >= 11 is 0. The molecule has 5 rings (SSSR count). The molecule has 0 radical (unpaired) electrons. The van der Waals surface area contributed by atoms with E-state index in [0.29, 0.717) is 37.4 Å². The molecule has 3 heterocycles. The highest BCUT2D eigenvalue weighted by Gasteiger charge is 2.30. The van der Waals surface area contributed by atoms with Crippen molar-refractivity contribution < 1.29 is 18.8 Å². The Balaban J connectivity index is 1.26. The number of fused-ring (bicyclic) bond motifs is 2. The summed E-state index contributed by atoms with van der Waals surface area (Å²) in [5, 5.41) is 4.48. The van der Waals surface area contributed by atoms with Gasteiger partial charge in [-0.05, 0) is 75.5 Å². The molecule has 200 valence electrons. The number of nitrogens with zero attached hydrogens (tertiary/aromatic N) is 3. The van der Waals surface area contributed by atoms with Crippen molar-refractivity contribution >= 4 is 22.9 Å². The predicted molar refractivity (Wildman–Crippen MR) is 142 cm³/mol. The third-order valence-corrected chi connectivity index (χ3v) is 6.87. The first-order valence-corrected chi connectivity index (χ1v) is 13.0. The Labute approximate surface area is 219 Å². The zero-order valence-corrected chi connectivity index (χ0v) is 22.1. The molecule has 0 saturated carbocycles. The Morgan fingerprint density at radius 3 is 2.82 bits per heavy atom. The highest BCUT2D eigenvalue weighted by molar-refractivity contribution is 6.04. The number of H-pyrrole nitrogens is 1. The minimum Gasteiger partial charge on any atom is -0.444 e. The molecule has 1 aromatic carbocycles. The zero-order chi connectivity index (χ0) is 27.0. The van der Waals surface area contributed by atoms with Crippen LogP contribution in [0.15, 0.2) is 43.4 Å². The minimum absolute atomic E-state index is 0.0677. The van der Waals surface area contributed by atoms with Crippen LogP contribution in [0.1, 0.15) is 62.8 Å². The van der Waals surface area contributed by atoms with E-state index in [9.17, 15) is 14.4 Å². The smallest absolute Gasteiger partial charge is 0.410 e. The second kappa shape index (κ2) is 10.1. The molecule has 10 heteroatoms. The van der Waals surface area contributed by atoms with Gasteiger partial charge in [0.2, 0.25) is 5.71 Å². The van der Waals surface area contributed by atoms with Gasteiger partial charge in [0, 0.05) is 24.7 Å². The van der Waals surface area contributed by atoms with E-state index >= 15 is 0 Å². The van der Waals surface area contributed by atoms with Gasteiger partial charge in [-0.15, -0.1) is 0 Å². The number of carbonyl (C=O) groups is 1. The maximum absolute atomic E-state index is 12.6. The van der Waals surface area contributed by atoms with Crippen molar-refractivity contribution in [3.8, 4) is 6.01 Å². The largest absolute Gasteiger partial charge is 0.444 e. The lowest BCUT2D eigenvalue weighted by Gasteiger charge is -2.24. The maximum Gasteiger partial charge on any atom is 0.410 e. The quantitative estimate of drug-likeness (QED) is 0.504. The van der Waals surface area contributed by atoms with Crippen LogP contribution in [0.3, 0.4) is 0 Å². The molecule has 0 spiro atoms. The number of carbonyl (C=O) groups excluding carboxylic acids is 1. The summed E-state index contributed by atoms with van der Waals surface area (Å²) in [4.78, 5) is 50.7. The van der Waals surface area contributed by atoms with Crippen molar-refractivity contribution in [3.63, 3.8) is 0 Å². The van der Waals surface area contributed by atoms with Crippen molar-refractivity contribution in [2.24, 2.45) is 11.1 Å². The van der Waals surface area contributed by atoms with Crippen LogP contribution < -0.4 is 16.0 Å². The maximum atomic E-state index is 12.6. The zero-order valence-electron chi connectivity index (χ0n) is 22.1. The van der Waals surface area contributed by atoms with Gasteiger partial charge in [-0.2, -0.15) is 4.98 Å². The van der Waals surface area contributed by atoms with Crippen molar-refractivity contribution in [1.82, 2.24) is 14.9 Å². The van der Waals surface area contributed by atoms with Crippen LogP contribution in [-0.2, 0) is 24.0 Å². The summed E-state index contributed by atoms with van der Waals surface area (Å²) in [6.45, 7) is 8.90. The topological polar surface area (TPSA) is 127 Å². The van der Waals surface area contributed by atoms with E-state index in [1.54, 1.807) is 4.90 Å². The average molecular weight is 521 g/mol. The molecule has 2 aliphatic rings. The highest BCUT2D eigenvalue weighted by atomic mass is 16.6. The van der Waals surface area contributed by atoms with Crippen molar-refractivity contribution in [3.05, 3.63) is 67.3 Å². The second-order valence-electron chi connectivity index (χ2n) is 10.9. The summed E-state index contributed by atoms with van der Waals surface area (Å²) in [5.41, 5.74) is 3.16. The third-order valence-electron chi connectivity index (χ3n) is 6.87. The van der Waals surface area contributed by atoms with E-state index in [1.807, 2.05) is 33.8 Å². The van der Waals surface area contributed by atoms with Crippen LogP contribution in [0.4, 0.5) is 4.79 Å². The van der Waals surface area contributed by atoms with Gasteiger partial charge in [-0.1, -0.05) is 30.3 Å². The lowest BCUT2D eigenvalue weighted by atomic mass is 9.96. The van der Waals surface area contributed by atoms with Crippen molar-refractivity contribution in [1.29, 1.82) is 0 Å². The number of aromatic amines is 1. The van der Waals surface area contributed by atoms with E-state index in [4.69, 9.17) is 14.0 Å². The summed E-state index contributed by atoms with van der Waals surface area (Å²) in [5.74, 6) is 0.391. The molecule has 1 atom stereocenters. The van der Waals surface area contributed by atoms with E-state index < -0.39 is 16.8 Å². The molecular weight excluding hydrogens is 488 g/mol. The molecule has 1 N–H and O–H groups in total. The SMILES string of the molecule is CCc1cc(=O)oc2nc(ON=C3CCc4cc(CC5CCN(C(=O)OC(C)(C)C)C5)ccc43)[nH]c(=O)c12. The lowest BCUT2D eigenvalue weighted by Crippen LogP contribution is -2.35. The Morgan fingerprint density at radius 2 is 2.05 bits per heavy atom. The van der Waals surface area contributed by atoms with Crippen LogP contribution in [0.2, 0.25) is 0 Å². The molecule has 1 aliphatic heterocycles. The number of aryl methyl sites for hydroxylation is 2. The first-order chi connectivity index (χ1) is 18.1. The molecule has 2 aromatic heterocycles. The molecule has 1 fully saturated rings. The molecular formula is C28H32N4O6. The van der Waals surface area contributed by atoms with E-state index in [0.717, 1.165) is 30.5 Å². The Kier molecular flexibility index (Phi) is 6.81. The molecule has 10 nitrogen and oxygen atoms in total. The van der Waals surface area contributed by atoms with Gasteiger partial charge in [0.25, 0.3) is 5.56 Å². The molecule has 3 aromatic rings. The Morgan fingerprint density at radius 1 is 1.24 bits per heavy atom. The van der Waals surface area contributed by atoms with Crippen LogP contribution in [0.5, 0.6) is 6.01 Å². The van der Waals surface area contributed by atoms with Gasteiger partial charge in [-0.3, -0.25) is 9.78 Å². The summed E-state index contributed by atoms with van der Waals surface area (Å²) in [6.07, 6.45) is 3.62. The number of ether oxygens (including phenoxy) is 1. The van der Waals surface area contributed by atoms with E-state index in [1.165, 1.54) is 17.2 Å². The Hall–Kier alpha value is -3.95. The second-order valence-corrected chi connectivity index (χ2v) is 10.9. The lowest BCUT2D eigenvalue weighted by molar-refractivity contribution is 0.0288. The summed E-state index contributed by atoms with van der Waals surface area (Å²) in [7, 11) is 0. The normalized spacial score (nSPS) is 18.3. The van der Waals surface area contributed by atoms with Gasteiger partial charge < -0.3 is 18.9 Å². The van der Waals surface area contributed by atoms with Gasteiger partial charge in [-0.25, -0.2) is 9.59 Å². The number of aromatic nitrogens is 2. The van der Waals surface area contributed by atoms with Gasteiger partial charge in [0.05, 0.1) is 5.71 Å². The van der Waals surface area contributed by atoms with Gasteiger partial charge in [0.1, 0.15) is 11.0 Å². The Bertz CT molecular complexity index is 1530. The molecule has 1 saturated heterocycles. The molecule has 0 bridgehead atoms. The summed E-state index contributed by atoms with van der Waals surface area (Å²) in [6, 6.07) is 7.50.